The third-order valence-electron chi connectivity index (χ3n) is 7.92. The quantitative estimate of drug-likeness (QED) is 0.319. The van der Waals surface area contributed by atoms with Crippen LogP contribution in [0, 0.1) is 0 Å². The molecule has 4 aromatic rings. The molecule has 10 nitrogen and oxygen atoms in total. The molecule has 0 radical (unpaired) electrons. The topological polar surface area (TPSA) is 123 Å². The summed E-state index contributed by atoms with van der Waals surface area (Å²) < 4.78 is 33.9. The van der Waals surface area contributed by atoms with Crippen LogP contribution in [0.25, 0.3) is 21.5 Å². The summed E-state index contributed by atoms with van der Waals surface area (Å²) in [7, 11) is 0. The van der Waals surface area contributed by atoms with E-state index in [0.717, 1.165) is 21.8 Å². The monoisotopic (exact) mass is 636 g/mol. The van der Waals surface area contributed by atoms with E-state index in [1.165, 1.54) is 28.1 Å². The Morgan fingerprint density at radius 1 is 1.12 bits per heavy atom. The lowest BCUT2D eigenvalue weighted by atomic mass is 9.91. The largest absolute Gasteiger partial charge is 0.388 e. The molecule has 4 heterocycles. The van der Waals surface area contributed by atoms with Crippen molar-refractivity contribution in [3.8, 4) is 10.4 Å². The fourth-order valence-corrected chi connectivity index (χ4v) is 6.85. The second kappa shape index (κ2) is 11.1. The number of aliphatic hydroxyl groups is 1. The predicted molar refractivity (Wildman–Crippen MR) is 152 cm³/mol. The van der Waals surface area contributed by atoms with Crippen LogP contribution in [-0.4, -0.2) is 70.5 Å². The zero-order valence-electron chi connectivity index (χ0n) is 22.0. The van der Waals surface area contributed by atoms with E-state index in [1.807, 2.05) is 6.07 Å². The van der Waals surface area contributed by atoms with Gasteiger partial charge in [0.1, 0.15) is 11.6 Å². The number of hydrogen-bond acceptors (Lipinski definition) is 8. The molecule has 0 saturated carbocycles. The van der Waals surface area contributed by atoms with Gasteiger partial charge >= 0.3 is 0 Å². The van der Waals surface area contributed by atoms with Gasteiger partial charge < -0.3 is 10.0 Å². The Morgan fingerprint density at radius 2 is 1.88 bits per heavy atom. The highest BCUT2D eigenvalue weighted by atomic mass is 35.5. The highest BCUT2D eigenvalue weighted by Gasteiger charge is 2.37. The molecule has 1 saturated heterocycles. The lowest BCUT2D eigenvalue weighted by Crippen LogP contribution is -2.50. The molecule has 3 aromatic heterocycles. The van der Waals surface area contributed by atoms with Gasteiger partial charge in [-0.15, -0.1) is 0 Å². The maximum absolute atomic E-state index is 13.6. The second-order valence-electron chi connectivity index (χ2n) is 10.6. The minimum absolute atomic E-state index is 0.0534. The minimum Gasteiger partial charge on any atom is -0.388 e. The van der Waals surface area contributed by atoms with Crippen molar-refractivity contribution in [2.24, 2.45) is 0 Å². The number of carbonyl (C=O) groups is 2. The van der Waals surface area contributed by atoms with Crippen molar-refractivity contribution in [2.75, 3.05) is 13.1 Å². The van der Waals surface area contributed by atoms with Crippen LogP contribution in [0.4, 0.5) is 8.78 Å². The van der Waals surface area contributed by atoms with Crippen LogP contribution in [0.2, 0.25) is 10.2 Å². The Labute approximate surface area is 251 Å². The molecule has 1 aliphatic carbocycles. The minimum atomic E-state index is -2.82. The fourth-order valence-electron chi connectivity index (χ4n) is 5.55. The van der Waals surface area contributed by atoms with Crippen molar-refractivity contribution in [1.29, 1.82) is 0 Å². The van der Waals surface area contributed by atoms with Gasteiger partial charge in [-0.1, -0.05) is 23.2 Å². The van der Waals surface area contributed by atoms with Gasteiger partial charge in [0.25, 0.3) is 12.0 Å². The summed E-state index contributed by atoms with van der Waals surface area (Å²) in [5.41, 5.74) is 0.942. The number of benzene rings is 1. The normalized spacial score (nSPS) is 17.3. The van der Waals surface area contributed by atoms with Crippen LogP contribution in [0.5, 0.6) is 0 Å². The van der Waals surface area contributed by atoms with E-state index in [-0.39, 0.29) is 48.9 Å². The maximum Gasteiger partial charge on any atom is 0.281 e. The first-order valence-corrected chi connectivity index (χ1v) is 14.8. The van der Waals surface area contributed by atoms with Gasteiger partial charge in [-0.2, -0.15) is 9.47 Å². The molecule has 6 rings (SSSR count). The molecule has 15 heteroatoms. The van der Waals surface area contributed by atoms with E-state index >= 15 is 0 Å². The average Bonchev–Trinajstić information content (AvgIpc) is 3.67. The van der Waals surface area contributed by atoms with E-state index in [9.17, 15) is 28.3 Å². The van der Waals surface area contributed by atoms with Crippen LogP contribution < -0.4 is 5.56 Å². The zero-order valence-corrected chi connectivity index (χ0v) is 24.3. The Morgan fingerprint density at radius 3 is 2.57 bits per heavy atom. The molecule has 1 unspecified atom stereocenters. The molecule has 1 aromatic carbocycles. The number of aromatic nitrogens is 5. The summed E-state index contributed by atoms with van der Waals surface area (Å²) in [6.45, 7) is 0.197. The van der Waals surface area contributed by atoms with Gasteiger partial charge in [0, 0.05) is 36.8 Å². The van der Waals surface area contributed by atoms with Crippen LogP contribution in [-0.2, 0) is 17.8 Å². The summed E-state index contributed by atoms with van der Waals surface area (Å²) >= 11 is 13.3. The highest BCUT2D eigenvalue weighted by molar-refractivity contribution is 7.11. The molecule has 1 atom stereocenters. The number of Topliss-reactive ketones (excluding diaryl/α,β-unsaturated/α-hetero) is 1. The number of likely N-dealkylation sites (tertiary alicyclic amines) is 1. The summed E-state index contributed by atoms with van der Waals surface area (Å²) in [4.78, 5) is 44.7. The molecular formula is C27H24Cl2F2N6O4S. The van der Waals surface area contributed by atoms with Gasteiger partial charge in [0.15, 0.2) is 16.5 Å². The van der Waals surface area contributed by atoms with Crippen molar-refractivity contribution in [2.45, 2.75) is 56.7 Å². The summed E-state index contributed by atoms with van der Waals surface area (Å²) in [6.07, 6.45) is 0.712. The van der Waals surface area contributed by atoms with Crippen LogP contribution >= 0.6 is 34.7 Å². The molecule has 2 aliphatic rings. The molecule has 1 aliphatic heterocycles. The standard InChI is InChI=1S/C27H24Cl2F2N6O4S/c28-17-10-15-14(1-2-19(15)38)9-16(17)24-22-23(34-42-24)26(40)36(13-32-22)12-27(41)4-7-35(8-5-27)21(39)11-18(25(30)31)37-6-3-20(29)33-37/h3,6,9-10,13,18,25,41H,1-2,4-5,7-8,11-12H2. The summed E-state index contributed by atoms with van der Waals surface area (Å²) in [6, 6.07) is 3.42. The van der Waals surface area contributed by atoms with E-state index in [0.29, 0.717) is 39.4 Å². The van der Waals surface area contributed by atoms with E-state index < -0.39 is 36.0 Å². The molecule has 42 heavy (non-hydrogen) atoms. The lowest BCUT2D eigenvalue weighted by molar-refractivity contribution is -0.138. The Kier molecular flexibility index (Phi) is 7.62. The number of fused-ring (bicyclic) bond motifs is 2. The molecule has 1 fully saturated rings. The molecule has 0 bridgehead atoms. The third-order valence-corrected chi connectivity index (χ3v) is 9.30. The van der Waals surface area contributed by atoms with Crippen molar-refractivity contribution < 1.29 is 23.5 Å². The van der Waals surface area contributed by atoms with Crippen LogP contribution in [0.3, 0.4) is 0 Å². The number of rotatable bonds is 7. The van der Waals surface area contributed by atoms with E-state index in [1.54, 1.807) is 6.07 Å². The SMILES string of the molecule is O=C1CCc2cc(-c3snc4c(=O)n(CC5(O)CCN(C(=O)CC(C(F)F)n6ccc(Cl)n6)CC5)cnc34)c(Cl)cc21. The first-order chi connectivity index (χ1) is 20.0. The van der Waals surface area contributed by atoms with Gasteiger partial charge in [0.2, 0.25) is 5.91 Å². The number of aryl methyl sites for hydroxylation is 1. The number of nitrogens with zero attached hydrogens (tertiary/aromatic N) is 6. The summed E-state index contributed by atoms with van der Waals surface area (Å²) in [5, 5.41) is 15.5. The fraction of sp³-hybridized carbons (Fsp3) is 0.407. The van der Waals surface area contributed by atoms with Crippen molar-refractivity contribution in [1.82, 2.24) is 28.6 Å². The molecule has 1 N–H and O–H groups in total. The van der Waals surface area contributed by atoms with E-state index in [4.69, 9.17) is 23.2 Å². The third kappa shape index (κ3) is 5.34. The number of piperidine rings is 1. The zero-order chi connectivity index (χ0) is 29.8. The Balaban J connectivity index is 1.15. The van der Waals surface area contributed by atoms with E-state index in [2.05, 4.69) is 14.5 Å². The average molecular weight is 637 g/mol. The first-order valence-electron chi connectivity index (χ1n) is 13.2. The lowest BCUT2D eigenvalue weighted by Gasteiger charge is -2.38. The molecule has 0 spiro atoms. The first kappa shape index (κ1) is 28.8. The molecular weight excluding hydrogens is 613 g/mol. The number of alkyl halides is 2. The smallest absolute Gasteiger partial charge is 0.281 e. The van der Waals surface area contributed by atoms with Gasteiger partial charge in [0.05, 0.1) is 34.8 Å². The maximum atomic E-state index is 13.6. The Hall–Kier alpha value is -3.26. The number of carbonyl (C=O) groups excluding carboxylic acids is 2. The van der Waals surface area contributed by atoms with Gasteiger partial charge in [-0.25, -0.2) is 13.8 Å². The number of ketones is 1. The summed E-state index contributed by atoms with van der Waals surface area (Å²) in [5.74, 6) is -0.433. The second-order valence-corrected chi connectivity index (χ2v) is 12.2. The van der Waals surface area contributed by atoms with Crippen LogP contribution in [0.1, 0.15) is 47.6 Å². The van der Waals surface area contributed by atoms with Crippen molar-refractivity contribution in [3.63, 3.8) is 0 Å². The molecule has 1 amide bonds. The predicted octanol–water partition coefficient (Wildman–Crippen LogP) is 4.40. The van der Waals surface area contributed by atoms with Gasteiger partial charge in [-0.3, -0.25) is 23.6 Å². The highest BCUT2D eigenvalue weighted by Crippen LogP contribution is 2.39. The number of amides is 1. The van der Waals surface area contributed by atoms with Crippen molar-refractivity contribution >= 4 is 57.5 Å². The van der Waals surface area contributed by atoms with Crippen LogP contribution in [0.15, 0.2) is 35.5 Å². The van der Waals surface area contributed by atoms with Crippen molar-refractivity contribution in [3.05, 3.63) is 62.4 Å². The Bertz CT molecular complexity index is 1760. The molecule has 220 valence electrons. The number of halogens is 4. The van der Waals surface area contributed by atoms with Gasteiger partial charge in [-0.05, 0) is 54.6 Å². The number of hydrogen-bond donors (Lipinski definition) is 1.